The second-order valence-corrected chi connectivity index (χ2v) is 9.36. The first-order valence-corrected chi connectivity index (χ1v) is 12.2. The molecule has 3 heterocycles. The van der Waals surface area contributed by atoms with E-state index in [9.17, 15) is 0 Å². The lowest BCUT2D eigenvalue weighted by atomic mass is 10.1. The Morgan fingerprint density at radius 3 is 3.00 bits per heavy atom. The van der Waals surface area contributed by atoms with Gasteiger partial charge in [-0.05, 0) is 31.7 Å². The first-order valence-electron chi connectivity index (χ1n) is 10.5. The number of hydrogen-bond donors (Lipinski definition) is 2. The fraction of sp³-hybridized carbons (Fsp3) is 0.619. The third kappa shape index (κ3) is 6.77. The third-order valence-electron chi connectivity index (χ3n) is 4.93. The van der Waals surface area contributed by atoms with E-state index in [1.165, 1.54) is 14.8 Å². The number of morpholine rings is 1. The van der Waals surface area contributed by atoms with Crippen molar-refractivity contribution in [2.24, 2.45) is 4.99 Å². The van der Waals surface area contributed by atoms with Crippen molar-refractivity contribution >= 4 is 28.6 Å². The minimum Gasteiger partial charge on any atom is -0.376 e. The molecule has 0 amide bonds. The molecule has 0 bridgehead atoms. The van der Waals surface area contributed by atoms with E-state index >= 15 is 0 Å². The molecule has 6 nitrogen and oxygen atoms in total. The minimum absolute atomic E-state index is 0.271. The molecule has 160 valence electrons. The Bertz CT molecular complexity index is 746. The molecule has 0 aromatic carbocycles. The molecule has 2 unspecified atom stereocenters. The Morgan fingerprint density at radius 1 is 1.41 bits per heavy atom. The average molecular weight is 436 g/mol. The van der Waals surface area contributed by atoms with Gasteiger partial charge in [0.15, 0.2) is 5.96 Å². The van der Waals surface area contributed by atoms with E-state index in [-0.39, 0.29) is 6.10 Å². The monoisotopic (exact) mass is 435 g/mol. The summed E-state index contributed by atoms with van der Waals surface area (Å²) in [4.78, 5) is 14.7. The Morgan fingerprint density at radius 2 is 2.31 bits per heavy atom. The standard InChI is InChI=1S/C21H33N5OS2/c1-4-17-13-24-20(29-17)8-9-23-21(22-5-2)25-14-18(19-7-6-12-28-19)26-10-11-27-16(3)15-26/h6-7,12-13,16,18H,4-5,8-11,14-15H2,1-3H3,(H2,22,23,25). The van der Waals surface area contributed by atoms with Crippen LogP contribution in [0, 0.1) is 0 Å². The summed E-state index contributed by atoms with van der Waals surface area (Å²) in [7, 11) is 0. The van der Waals surface area contributed by atoms with E-state index in [0.717, 1.165) is 58.1 Å². The van der Waals surface area contributed by atoms with Crippen LogP contribution in [0.1, 0.15) is 41.6 Å². The number of thiazole rings is 1. The Labute approximate surface area is 182 Å². The zero-order chi connectivity index (χ0) is 20.5. The van der Waals surface area contributed by atoms with E-state index < -0.39 is 0 Å². The van der Waals surface area contributed by atoms with Gasteiger partial charge >= 0.3 is 0 Å². The van der Waals surface area contributed by atoms with E-state index in [1.807, 2.05) is 17.5 Å². The number of aryl methyl sites for hydroxylation is 1. The van der Waals surface area contributed by atoms with Crippen LogP contribution in [0.3, 0.4) is 0 Å². The summed E-state index contributed by atoms with van der Waals surface area (Å²) in [6, 6.07) is 4.64. The van der Waals surface area contributed by atoms with Gasteiger partial charge in [0, 0.05) is 48.6 Å². The SMILES string of the molecule is CCNC(=NCC(c1cccs1)N1CCOC(C)C1)NCCc1ncc(CC)s1. The Balaban J connectivity index is 1.60. The number of guanidine groups is 1. The lowest BCUT2D eigenvalue weighted by molar-refractivity contribution is -0.0327. The summed E-state index contributed by atoms with van der Waals surface area (Å²) in [5.41, 5.74) is 0. The van der Waals surface area contributed by atoms with Crippen molar-refractivity contribution in [1.82, 2.24) is 20.5 Å². The smallest absolute Gasteiger partial charge is 0.191 e. The highest BCUT2D eigenvalue weighted by atomic mass is 32.1. The van der Waals surface area contributed by atoms with Crippen molar-refractivity contribution < 1.29 is 4.74 Å². The molecule has 1 aliphatic heterocycles. The summed E-state index contributed by atoms with van der Waals surface area (Å²) in [5, 5.41) is 10.2. The summed E-state index contributed by atoms with van der Waals surface area (Å²) >= 11 is 3.62. The van der Waals surface area contributed by atoms with Gasteiger partial charge in [-0.3, -0.25) is 9.89 Å². The molecule has 1 saturated heterocycles. The van der Waals surface area contributed by atoms with Crippen molar-refractivity contribution in [3.63, 3.8) is 0 Å². The first-order chi connectivity index (χ1) is 14.2. The normalized spacial score (nSPS) is 19.3. The van der Waals surface area contributed by atoms with Crippen LogP contribution in [0.2, 0.25) is 0 Å². The molecular weight excluding hydrogens is 402 g/mol. The maximum absolute atomic E-state index is 5.74. The van der Waals surface area contributed by atoms with Crippen molar-refractivity contribution in [2.45, 2.75) is 45.8 Å². The maximum Gasteiger partial charge on any atom is 0.191 e. The zero-order valence-corrected chi connectivity index (χ0v) is 19.3. The van der Waals surface area contributed by atoms with E-state index in [2.05, 4.69) is 58.8 Å². The molecule has 0 aliphatic carbocycles. The predicted molar refractivity (Wildman–Crippen MR) is 123 cm³/mol. The molecule has 0 spiro atoms. The highest BCUT2D eigenvalue weighted by molar-refractivity contribution is 7.11. The van der Waals surface area contributed by atoms with E-state index in [1.54, 1.807) is 11.3 Å². The van der Waals surface area contributed by atoms with Crippen molar-refractivity contribution in [2.75, 3.05) is 39.3 Å². The number of nitrogens with zero attached hydrogens (tertiary/aromatic N) is 3. The van der Waals surface area contributed by atoms with Gasteiger partial charge in [0.1, 0.15) is 0 Å². The van der Waals surface area contributed by atoms with Crippen molar-refractivity contribution in [1.29, 1.82) is 0 Å². The van der Waals surface area contributed by atoms with Gasteiger partial charge in [-0.25, -0.2) is 4.98 Å². The Kier molecular flexibility index (Phi) is 8.92. The van der Waals surface area contributed by atoms with E-state index in [0.29, 0.717) is 6.04 Å². The molecule has 2 aromatic rings. The second-order valence-electron chi connectivity index (χ2n) is 7.18. The molecule has 2 aromatic heterocycles. The molecule has 0 saturated carbocycles. The highest BCUT2D eigenvalue weighted by Crippen LogP contribution is 2.27. The van der Waals surface area contributed by atoms with Gasteiger partial charge < -0.3 is 15.4 Å². The predicted octanol–water partition coefficient (Wildman–Crippen LogP) is 3.33. The van der Waals surface area contributed by atoms with Crippen LogP contribution in [0.4, 0.5) is 0 Å². The number of rotatable bonds is 9. The van der Waals surface area contributed by atoms with Crippen molar-refractivity contribution in [3.05, 3.63) is 38.5 Å². The minimum atomic E-state index is 0.271. The second kappa shape index (κ2) is 11.6. The first kappa shape index (κ1) is 22.2. The third-order valence-corrected chi connectivity index (χ3v) is 7.11. The van der Waals surface area contributed by atoms with Crippen LogP contribution >= 0.6 is 22.7 Å². The summed E-state index contributed by atoms with van der Waals surface area (Å²) < 4.78 is 5.74. The number of aromatic nitrogens is 1. The van der Waals surface area contributed by atoms with Crippen LogP contribution in [0.25, 0.3) is 0 Å². The number of aliphatic imine (C=N–C) groups is 1. The highest BCUT2D eigenvalue weighted by Gasteiger charge is 2.26. The van der Waals surface area contributed by atoms with Crippen LogP contribution < -0.4 is 10.6 Å². The van der Waals surface area contributed by atoms with Crippen LogP contribution in [-0.4, -0.2) is 61.3 Å². The van der Waals surface area contributed by atoms with Crippen LogP contribution in [-0.2, 0) is 17.6 Å². The number of ether oxygens (including phenoxy) is 1. The van der Waals surface area contributed by atoms with Crippen LogP contribution in [0.5, 0.6) is 0 Å². The molecule has 1 aliphatic rings. The molecule has 0 radical (unpaired) electrons. The average Bonchev–Trinajstić information content (AvgIpc) is 3.40. The van der Waals surface area contributed by atoms with Gasteiger partial charge in [-0.2, -0.15) is 0 Å². The Hall–Kier alpha value is -1.48. The molecular formula is C21H33N5OS2. The van der Waals surface area contributed by atoms with E-state index in [4.69, 9.17) is 9.73 Å². The molecule has 3 rings (SSSR count). The molecule has 29 heavy (non-hydrogen) atoms. The number of thiophene rings is 1. The summed E-state index contributed by atoms with van der Waals surface area (Å²) in [6.45, 7) is 11.5. The maximum atomic E-state index is 5.74. The summed E-state index contributed by atoms with van der Waals surface area (Å²) in [6.07, 6.45) is 4.24. The zero-order valence-electron chi connectivity index (χ0n) is 17.7. The fourth-order valence-electron chi connectivity index (χ4n) is 3.43. The topological polar surface area (TPSA) is 61.8 Å². The lowest BCUT2D eigenvalue weighted by Crippen LogP contribution is -2.44. The molecule has 8 heteroatoms. The molecule has 2 atom stereocenters. The van der Waals surface area contributed by atoms with Gasteiger partial charge in [0.25, 0.3) is 0 Å². The van der Waals surface area contributed by atoms with Gasteiger partial charge in [-0.15, -0.1) is 22.7 Å². The van der Waals surface area contributed by atoms with Crippen molar-refractivity contribution in [3.8, 4) is 0 Å². The number of nitrogens with one attached hydrogen (secondary N) is 2. The largest absolute Gasteiger partial charge is 0.376 e. The summed E-state index contributed by atoms with van der Waals surface area (Å²) in [5.74, 6) is 0.877. The van der Waals surface area contributed by atoms with Gasteiger partial charge in [0.05, 0.1) is 30.3 Å². The van der Waals surface area contributed by atoms with Gasteiger partial charge in [-0.1, -0.05) is 13.0 Å². The van der Waals surface area contributed by atoms with Gasteiger partial charge in [0.2, 0.25) is 0 Å². The molecule has 1 fully saturated rings. The molecule has 2 N–H and O–H groups in total. The lowest BCUT2D eigenvalue weighted by Gasteiger charge is -2.36. The number of hydrogen-bond acceptors (Lipinski definition) is 6. The fourth-order valence-corrected chi connectivity index (χ4v) is 5.14. The van der Waals surface area contributed by atoms with Crippen LogP contribution in [0.15, 0.2) is 28.7 Å². The quantitative estimate of drug-likeness (QED) is 0.467.